The van der Waals surface area contributed by atoms with Crippen LogP contribution in [-0.2, 0) is 24.8 Å². The van der Waals surface area contributed by atoms with Gasteiger partial charge in [-0.2, -0.15) is 11.8 Å². The van der Waals surface area contributed by atoms with Crippen molar-refractivity contribution in [1.82, 2.24) is 5.32 Å². The van der Waals surface area contributed by atoms with Crippen LogP contribution in [0.1, 0.15) is 40.7 Å². The molecule has 0 aliphatic carbocycles. The molecule has 1 aromatic carbocycles. The number of phenolic OH excluding ortho intramolecular Hbond substituents is 2. The number of benzene rings is 1. The standard InChI is InChI=1S/C18H23NO7S/c1-10-13(20)7-14(21)11-8-27-9-12(17(23)25-2)19-15(22)5-3-4-6-26-18(24)16(10)11/h7,12,20-21H,3-6,8-9H2,1-2H3,(H,19,22)/t12-/m0/s1. The number of carbonyl (C=O) groups excluding carboxylic acids is 3. The fraction of sp³-hybridized carbons (Fsp3) is 0.500. The third-order valence-electron chi connectivity index (χ3n) is 4.23. The Hall–Kier alpha value is -2.42. The van der Waals surface area contributed by atoms with Crippen molar-refractivity contribution in [2.75, 3.05) is 19.5 Å². The van der Waals surface area contributed by atoms with Gasteiger partial charge in [-0.05, 0) is 19.8 Å². The molecule has 1 heterocycles. The van der Waals surface area contributed by atoms with Crippen LogP contribution in [0.25, 0.3) is 0 Å². The molecule has 2 rings (SSSR count). The predicted octanol–water partition coefficient (Wildman–Crippen LogP) is 1.64. The maximum absolute atomic E-state index is 12.5. The Morgan fingerprint density at radius 1 is 1.30 bits per heavy atom. The summed E-state index contributed by atoms with van der Waals surface area (Å²) in [6.07, 6.45) is 1.15. The zero-order valence-electron chi connectivity index (χ0n) is 15.2. The van der Waals surface area contributed by atoms with Crippen molar-refractivity contribution in [2.24, 2.45) is 0 Å². The normalized spacial score (nSPS) is 19.3. The second-order valence-corrected chi connectivity index (χ2v) is 7.18. The minimum atomic E-state index is -0.828. The van der Waals surface area contributed by atoms with Gasteiger partial charge in [0.05, 0.1) is 19.3 Å². The lowest BCUT2D eigenvalue weighted by atomic mass is 10.0. The molecule has 148 valence electrons. The molecule has 0 bridgehead atoms. The minimum Gasteiger partial charge on any atom is -0.508 e. The summed E-state index contributed by atoms with van der Waals surface area (Å²) in [5.74, 6) is -1.53. The fourth-order valence-corrected chi connectivity index (χ4v) is 3.78. The highest BCUT2D eigenvalue weighted by atomic mass is 32.2. The lowest BCUT2D eigenvalue weighted by Gasteiger charge is -2.19. The summed E-state index contributed by atoms with van der Waals surface area (Å²) < 4.78 is 9.97. The van der Waals surface area contributed by atoms with Crippen LogP contribution in [0.4, 0.5) is 0 Å². The van der Waals surface area contributed by atoms with Crippen LogP contribution in [0.2, 0.25) is 0 Å². The quantitative estimate of drug-likeness (QED) is 0.611. The van der Waals surface area contributed by atoms with Gasteiger partial charge in [0, 0.05) is 35.1 Å². The number of methoxy groups -OCH3 is 1. The fourth-order valence-electron chi connectivity index (χ4n) is 2.71. The molecule has 1 aliphatic rings. The van der Waals surface area contributed by atoms with Crippen LogP contribution in [0, 0.1) is 6.92 Å². The Morgan fingerprint density at radius 3 is 2.74 bits per heavy atom. The van der Waals surface area contributed by atoms with E-state index in [1.165, 1.54) is 24.9 Å². The van der Waals surface area contributed by atoms with E-state index in [2.05, 4.69) is 5.32 Å². The van der Waals surface area contributed by atoms with Gasteiger partial charge >= 0.3 is 11.9 Å². The smallest absolute Gasteiger partial charge is 0.338 e. The number of ether oxygens (including phenoxy) is 2. The first-order valence-electron chi connectivity index (χ1n) is 8.51. The van der Waals surface area contributed by atoms with Crippen molar-refractivity contribution < 1.29 is 34.1 Å². The maximum Gasteiger partial charge on any atom is 0.338 e. The van der Waals surface area contributed by atoms with Crippen LogP contribution in [0.15, 0.2) is 6.07 Å². The summed E-state index contributed by atoms with van der Waals surface area (Å²) in [5, 5.41) is 22.8. The van der Waals surface area contributed by atoms with Crippen LogP contribution in [0.3, 0.4) is 0 Å². The molecule has 0 fully saturated rings. The molecule has 0 unspecified atom stereocenters. The molecule has 27 heavy (non-hydrogen) atoms. The number of fused-ring (bicyclic) bond motifs is 1. The summed E-state index contributed by atoms with van der Waals surface area (Å²) in [5.41, 5.74) is 0.751. The first-order valence-corrected chi connectivity index (χ1v) is 9.67. The van der Waals surface area contributed by atoms with Crippen LogP contribution in [-0.4, -0.2) is 53.6 Å². The van der Waals surface area contributed by atoms with Gasteiger partial charge in [-0.1, -0.05) is 0 Å². The number of thioether (sulfide) groups is 1. The van der Waals surface area contributed by atoms with E-state index in [1.54, 1.807) is 6.92 Å². The molecule has 1 aromatic rings. The molecular formula is C18H23NO7S. The number of amides is 1. The Balaban J connectivity index is 2.32. The number of cyclic esters (lactones) is 1. The molecule has 9 heteroatoms. The molecule has 3 N–H and O–H groups in total. The van der Waals surface area contributed by atoms with Gasteiger partial charge in [0.15, 0.2) is 0 Å². The lowest BCUT2D eigenvalue weighted by molar-refractivity contribution is -0.144. The lowest BCUT2D eigenvalue weighted by Crippen LogP contribution is -2.43. The number of esters is 2. The topological polar surface area (TPSA) is 122 Å². The second kappa shape index (κ2) is 9.50. The Bertz CT molecular complexity index is 735. The summed E-state index contributed by atoms with van der Waals surface area (Å²) in [7, 11) is 1.24. The van der Waals surface area contributed by atoms with Crippen molar-refractivity contribution in [3.05, 3.63) is 22.8 Å². The van der Waals surface area contributed by atoms with Gasteiger partial charge in [0.1, 0.15) is 17.5 Å². The average Bonchev–Trinajstić information content (AvgIpc) is 2.63. The van der Waals surface area contributed by atoms with Gasteiger partial charge in [-0.3, -0.25) is 4.79 Å². The zero-order valence-corrected chi connectivity index (χ0v) is 16.1. The maximum atomic E-state index is 12.5. The van der Waals surface area contributed by atoms with E-state index >= 15 is 0 Å². The molecule has 0 saturated carbocycles. The highest BCUT2D eigenvalue weighted by Gasteiger charge is 2.25. The van der Waals surface area contributed by atoms with Crippen molar-refractivity contribution in [3.63, 3.8) is 0 Å². The molecule has 1 amide bonds. The van der Waals surface area contributed by atoms with E-state index in [4.69, 9.17) is 9.47 Å². The molecule has 8 nitrogen and oxygen atoms in total. The summed E-state index contributed by atoms with van der Waals surface area (Å²) in [6.45, 7) is 1.68. The second-order valence-electron chi connectivity index (χ2n) is 6.14. The van der Waals surface area contributed by atoms with Crippen LogP contribution < -0.4 is 5.32 Å². The van der Waals surface area contributed by atoms with Crippen LogP contribution in [0.5, 0.6) is 11.5 Å². The van der Waals surface area contributed by atoms with E-state index in [0.717, 1.165) is 0 Å². The zero-order chi connectivity index (χ0) is 20.0. The number of nitrogens with one attached hydrogen (secondary N) is 1. The Kier molecular flexibility index (Phi) is 7.35. The van der Waals surface area contributed by atoms with Gasteiger partial charge in [0.25, 0.3) is 0 Å². The third kappa shape index (κ3) is 5.29. The summed E-state index contributed by atoms with van der Waals surface area (Å²) >= 11 is 1.24. The van der Waals surface area contributed by atoms with Gasteiger partial charge in [-0.25, -0.2) is 9.59 Å². The first-order chi connectivity index (χ1) is 12.8. The monoisotopic (exact) mass is 397 g/mol. The minimum absolute atomic E-state index is 0.106. The van der Waals surface area contributed by atoms with Crippen molar-refractivity contribution in [1.29, 1.82) is 0 Å². The van der Waals surface area contributed by atoms with E-state index in [-0.39, 0.29) is 47.5 Å². The SMILES string of the molecule is COC(=O)[C@@H]1CSCc2c(O)cc(O)c(C)c2C(=O)OCCCCC(=O)N1. The number of hydrogen-bond donors (Lipinski definition) is 3. The number of rotatable bonds is 1. The Labute approximate surface area is 161 Å². The van der Waals surface area contributed by atoms with E-state index in [0.29, 0.717) is 24.0 Å². The van der Waals surface area contributed by atoms with Gasteiger partial charge < -0.3 is 25.0 Å². The van der Waals surface area contributed by atoms with Crippen molar-refractivity contribution in [2.45, 2.75) is 38.0 Å². The number of aromatic hydroxyl groups is 2. The van der Waals surface area contributed by atoms with E-state index in [1.807, 2.05) is 0 Å². The summed E-state index contributed by atoms with van der Waals surface area (Å²) in [6, 6.07) is 0.344. The molecule has 1 aliphatic heterocycles. The number of hydrogen-bond acceptors (Lipinski definition) is 8. The highest BCUT2D eigenvalue weighted by Crippen LogP contribution is 2.35. The molecular weight excluding hydrogens is 374 g/mol. The summed E-state index contributed by atoms with van der Waals surface area (Å²) in [4.78, 5) is 36.4. The first kappa shape index (κ1) is 20.9. The van der Waals surface area contributed by atoms with E-state index in [9.17, 15) is 24.6 Å². The van der Waals surface area contributed by atoms with Crippen molar-refractivity contribution >= 4 is 29.6 Å². The predicted molar refractivity (Wildman–Crippen MR) is 98.8 cm³/mol. The molecule has 0 aromatic heterocycles. The molecule has 1 atom stereocenters. The number of phenols is 2. The molecule has 0 spiro atoms. The highest BCUT2D eigenvalue weighted by molar-refractivity contribution is 7.98. The van der Waals surface area contributed by atoms with E-state index < -0.39 is 18.0 Å². The molecule has 0 radical (unpaired) electrons. The Morgan fingerprint density at radius 2 is 2.04 bits per heavy atom. The largest absolute Gasteiger partial charge is 0.508 e. The number of carbonyl (C=O) groups is 3. The van der Waals surface area contributed by atoms with Crippen LogP contribution >= 0.6 is 11.8 Å². The van der Waals surface area contributed by atoms with Crippen molar-refractivity contribution in [3.8, 4) is 11.5 Å². The third-order valence-corrected chi connectivity index (χ3v) is 5.29. The van der Waals surface area contributed by atoms with Gasteiger partial charge in [0.2, 0.25) is 5.91 Å². The molecule has 0 saturated heterocycles. The average molecular weight is 397 g/mol. The van der Waals surface area contributed by atoms with Gasteiger partial charge in [-0.15, -0.1) is 0 Å².